The van der Waals surface area contributed by atoms with Crippen LogP contribution in [0.25, 0.3) is 5.65 Å². The van der Waals surface area contributed by atoms with E-state index in [9.17, 15) is 4.79 Å². The van der Waals surface area contributed by atoms with E-state index in [0.717, 1.165) is 68.2 Å². The van der Waals surface area contributed by atoms with Crippen molar-refractivity contribution in [1.29, 1.82) is 0 Å². The monoisotopic (exact) mass is 474 g/mol. The summed E-state index contributed by atoms with van der Waals surface area (Å²) in [6.07, 6.45) is 4.98. The van der Waals surface area contributed by atoms with Crippen LogP contribution >= 0.6 is 11.6 Å². The number of likely N-dealkylation sites (tertiary alicyclic amines) is 1. The van der Waals surface area contributed by atoms with E-state index < -0.39 is 0 Å². The summed E-state index contributed by atoms with van der Waals surface area (Å²) in [6, 6.07) is 1.82. The highest BCUT2D eigenvalue weighted by Crippen LogP contribution is 2.35. The van der Waals surface area contributed by atoms with Gasteiger partial charge in [0.2, 0.25) is 5.91 Å². The van der Waals surface area contributed by atoms with E-state index >= 15 is 0 Å². The van der Waals surface area contributed by atoms with E-state index in [0.29, 0.717) is 12.5 Å². The maximum absolute atomic E-state index is 13.7. The summed E-state index contributed by atoms with van der Waals surface area (Å²) in [4.78, 5) is 22.9. The van der Waals surface area contributed by atoms with E-state index in [4.69, 9.17) is 27.4 Å². The van der Waals surface area contributed by atoms with E-state index in [1.54, 1.807) is 0 Å². The number of piperidine rings is 1. The Kier molecular flexibility index (Phi) is 6.24. The number of alkyl halides is 1. The number of amides is 1. The number of hydrogen-bond donors (Lipinski definition) is 2. The van der Waals surface area contributed by atoms with E-state index in [1.807, 2.05) is 33.6 Å². The molecule has 2 aromatic heterocycles. The van der Waals surface area contributed by atoms with Gasteiger partial charge < -0.3 is 15.5 Å². The molecule has 10 heteroatoms. The smallest absolute Gasteiger partial charge is 0.243 e. The van der Waals surface area contributed by atoms with Crippen molar-refractivity contribution < 1.29 is 4.79 Å². The van der Waals surface area contributed by atoms with Gasteiger partial charge in [-0.05, 0) is 32.1 Å². The van der Waals surface area contributed by atoms with Crippen LogP contribution in [-0.2, 0) is 4.79 Å². The molecule has 3 aliphatic rings. The minimum absolute atomic E-state index is 0.0671. The lowest BCUT2D eigenvalue weighted by Gasteiger charge is -2.40. The maximum atomic E-state index is 13.7. The molecule has 33 heavy (non-hydrogen) atoms. The molecular weight excluding hydrogens is 440 g/mol. The van der Waals surface area contributed by atoms with Gasteiger partial charge in [0, 0.05) is 56.6 Å². The highest BCUT2D eigenvalue weighted by atomic mass is 35.5. The number of carbonyl (C=O) groups excluding carboxylic acids is 1. The van der Waals surface area contributed by atoms with Crippen LogP contribution in [0.5, 0.6) is 0 Å². The van der Waals surface area contributed by atoms with Gasteiger partial charge in [-0.2, -0.15) is 5.10 Å². The van der Waals surface area contributed by atoms with Gasteiger partial charge in [-0.25, -0.2) is 14.5 Å². The molecule has 0 radical (unpaired) electrons. The molecule has 1 amide bonds. The molecule has 2 aromatic rings. The zero-order chi connectivity index (χ0) is 23.3. The molecule has 9 nitrogen and oxygen atoms in total. The quantitative estimate of drug-likeness (QED) is 0.651. The minimum atomic E-state index is -0.354. The van der Waals surface area contributed by atoms with Gasteiger partial charge >= 0.3 is 0 Å². The molecule has 0 spiro atoms. The molecule has 3 saturated heterocycles. The second-order valence-corrected chi connectivity index (χ2v) is 10.5. The standard InChI is InChI=1S/C23H35ClN8O/c1-4-31-21(17(24)10-26-31)23(33)30-11-14(2)5-6-19(30)18-9-20-27-22(15(3)12-32(20)28-18)29-8-7-16(25)13-29/h9,12,14,16-17,19,21,26H,4-8,10-11,13,25H2,1-3H3/t14?,16-,17?,19-,21?/m0/s1. The topological polar surface area (TPSA) is 95.0 Å². The number of carbonyl (C=O) groups is 1. The maximum Gasteiger partial charge on any atom is 0.243 e. The zero-order valence-electron chi connectivity index (χ0n) is 19.7. The summed E-state index contributed by atoms with van der Waals surface area (Å²) in [6.45, 7) is 10.1. The minimum Gasteiger partial charge on any atom is -0.355 e. The number of halogens is 1. The van der Waals surface area contributed by atoms with Crippen molar-refractivity contribution in [3.63, 3.8) is 0 Å². The van der Waals surface area contributed by atoms with Gasteiger partial charge in [0.05, 0.1) is 17.1 Å². The lowest BCUT2D eigenvalue weighted by atomic mass is 9.91. The number of hydrogen-bond acceptors (Lipinski definition) is 7. The Bertz CT molecular complexity index is 1030. The van der Waals surface area contributed by atoms with Crippen molar-refractivity contribution in [3.05, 3.63) is 23.5 Å². The summed E-state index contributed by atoms with van der Waals surface area (Å²) < 4.78 is 1.85. The first-order chi connectivity index (χ1) is 15.9. The Balaban J connectivity index is 1.46. The van der Waals surface area contributed by atoms with E-state index in [-0.39, 0.29) is 29.4 Å². The summed E-state index contributed by atoms with van der Waals surface area (Å²) in [5.41, 5.74) is 12.2. The van der Waals surface area contributed by atoms with Crippen molar-refractivity contribution in [3.8, 4) is 0 Å². The number of aromatic nitrogens is 3. The van der Waals surface area contributed by atoms with Crippen LogP contribution in [0.4, 0.5) is 5.82 Å². The molecule has 0 saturated carbocycles. The van der Waals surface area contributed by atoms with E-state index in [1.165, 1.54) is 0 Å². The number of nitrogens with one attached hydrogen (secondary N) is 1. The largest absolute Gasteiger partial charge is 0.355 e. The molecule has 180 valence electrons. The predicted molar refractivity (Wildman–Crippen MR) is 129 cm³/mol. The van der Waals surface area contributed by atoms with Crippen LogP contribution in [0.15, 0.2) is 12.3 Å². The fraction of sp³-hybridized carbons (Fsp3) is 0.696. The van der Waals surface area contributed by atoms with Crippen LogP contribution < -0.4 is 16.1 Å². The Morgan fingerprint density at radius 3 is 2.85 bits per heavy atom. The Morgan fingerprint density at radius 2 is 2.12 bits per heavy atom. The lowest BCUT2D eigenvalue weighted by Crippen LogP contribution is -2.53. The van der Waals surface area contributed by atoms with E-state index in [2.05, 4.69) is 24.2 Å². The van der Waals surface area contributed by atoms with Gasteiger partial charge in [0.1, 0.15) is 11.9 Å². The van der Waals surface area contributed by atoms with Crippen LogP contribution in [0.1, 0.15) is 50.4 Å². The Hall–Kier alpha value is -1.94. The van der Waals surface area contributed by atoms with Crippen molar-refractivity contribution in [2.24, 2.45) is 11.7 Å². The number of anilines is 1. The lowest BCUT2D eigenvalue weighted by molar-refractivity contribution is -0.141. The van der Waals surface area contributed by atoms with Crippen LogP contribution in [0, 0.1) is 12.8 Å². The molecule has 0 aliphatic carbocycles. The van der Waals surface area contributed by atoms with Gasteiger partial charge in [0.25, 0.3) is 0 Å². The number of hydrazine groups is 1. The first-order valence-corrected chi connectivity index (χ1v) is 12.6. The number of rotatable bonds is 4. The third-order valence-corrected chi connectivity index (χ3v) is 7.74. The fourth-order valence-electron chi connectivity index (χ4n) is 5.56. The summed E-state index contributed by atoms with van der Waals surface area (Å²) in [5, 5.41) is 6.61. The summed E-state index contributed by atoms with van der Waals surface area (Å²) in [5.74, 6) is 1.52. The average Bonchev–Trinajstić information content (AvgIpc) is 3.50. The molecule has 5 atom stereocenters. The third kappa shape index (κ3) is 4.20. The molecule has 5 rings (SSSR count). The van der Waals surface area contributed by atoms with Crippen molar-refractivity contribution in [2.45, 2.75) is 63.5 Å². The fourth-order valence-corrected chi connectivity index (χ4v) is 5.87. The van der Waals surface area contributed by atoms with Gasteiger partial charge in [0.15, 0.2) is 5.65 Å². The van der Waals surface area contributed by atoms with Gasteiger partial charge in [-0.1, -0.05) is 13.8 Å². The highest BCUT2D eigenvalue weighted by molar-refractivity contribution is 6.23. The molecule has 3 aliphatic heterocycles. The summed E-state index contributed by atoms with van der Waals surface area (Å²) >= 11 is 6.57. The van der Waals surface area contributed by atoms with Gasteiger partial charge in [-0.15, -0.1) is 11.6 Å². The molecule has 3 fully saturated rings. The predicted octanol–water partition coefficient (Wildman–Crippen LogP) is 1.69. The first-order valence-electron chi connectivity index (χ1n) is 12.2. The molecule has 0 aromatic carbocycles. The van der Waals surface area contributed by atoms with Crippen molar-refractivity contribution in [1.82, 2.24) is 29.9 Å². The summed E-state index contributed by atoms with van der Waals surface area (Å²) in [7, 11) is 0. The highest BCUT2D eigenvalue weighted by Gasteiger charge is 2.43. The number of fused-ring (bicyclic) bond motifs is 1. The van der Waals surface area contributed by atoms with Crippen LogP contribution in [-0.4, -0.2) is 80.6 Å². The number of nitrogens with two attached hydrogens (primary N) is 1. The third-order valence-electron chi connectivity index (χ3n) is 7.35. The number of aryl methyl sites for hydroxylation is 1. The van der Waals surface area contributed by atoms with Crippen molar-refractivity contribution >= 4 is 29.0 Å². The molecule has 3 unspecified atom stereocenters. The first kappa shape index (κ1) is 22.8. The molecule has 0 bridgehead atoms. The number of likely N-dealkylation sites (N-methyl/N-ethyl adjacent to an activating group) is 1. The van der Waals surface area contributed by atoms with Gasteiger partial charge in [-0.3, -0.25) is 10.2 Å². The Labute approximate surface area is 200 Å². The van der Waals surface area contributed by atoms with Crippen molar-refractivity contribution in [2.75, 3.05) is 37.6 Å². The molecule has 3 N–H and O–H groups in total. The SMILES string of the molecule is CCN1NCC(Cl)C1C(=O)N1CC(C)CC[C@H]1c1cc2nc(N3CC[C@H](N)C3)c(C)cn2n1. The second kappa shape index (κ2) is 9.02. The average molecular weight is 475 g/mol. The Morgan fingerprint density at radius 1 is 1.30 bits per heavy atom. The normalized spacial score (nSPS) is 31.1. The number of nitrogens with zero attached hydrogens (tertiary/aromatic N) is 6. The van der Waals surface area contributed by atoms with Crippen LogP contribution in [0.3, 0.4) is 0 Å². The molecular formula is C23H35ClN8O. The molecule has 5 heterocycles. The van der Waals surface area contributed by atoms with Crippen LogP contribution in [0.2, 0.25) is 0 Å². The zero-order valence-corrected chi connectivity index (χ0v) is 20.5. The second-order valence-electron chi connectivity index (χ2n) is 9.91.